The van der Waals surface area contributed by atoms with Crippen LogP contribution in [0.4, 0.5) is 10.5 Å². The van der Waals surface area contributed by atoms with E-state index < -0.39 is 16.1 Å². The molecule has 0 aliphatic carbocycles. The summed E-state index contributed by atoms with van der Waals surface area (Å²) >= 11 is 0. The van der Waals surface area contributed by atoms with Crippen LogP contribution in [0.25, 0.3) is 0 Å². The number of sulfonamides is 1. The highest BCUT2D eigenvalue weighted by Crippen LogP contribution is 2.18. The van der Waals surface area contributed by atoms with E-state index in [1.54, 1.807) is 13.8 Å². The van der Waals surface area contributed by atoms with Gasteiger partial charge in [-0.25, -0.2) is 18.4 Å². The van der Waals surface area contributed by atoms with Crippen LogP contribution in [-0.4, -0.2) is 21.1 Å². The highest BCUT2D eigenvalue weighted by molar-refractivity contribution is 7.89. The molecule has 0 saturated carbocycles. The lowest BCUT2D eigenvalue weighted by Gasteiger charge is -2.09. The fourth-order valence-corrected chi connectivity index (χ4v) is 1.83. The number of carbonyl (C=O) groups is 1. The van der Waals surface area contributed by atoms with Crippen LogP contribution >= 0.6 is 0 Å². The van der Waals surface area contributed by atoms with E-state index in [-0.39, 0.29) is 11.5 Å². The Balaban J connectivity index is 2.95. The van der Waals surface area contributed by atoms with E-state index in [1.807, 2.05) is 0 Å². The first-order valence-corrected chi connectivity index (χ1v) is 6.46. The summed E-state index contributed by atoms with van der Waals surface area (Å²) in [7, 11) is -3.72. The van der Waals surface area contributed by atoms with Crippen LogP contribution in [0.3, 0.4) is 0 Å². The average molecular weight is 258 g/mol. The molecule has 1 aromatic rings. The smallest absolute Gasteiger partial charge is 0.411 e. The third kappa shape index (κ3) is 3.72. The number of amides is 1. The number of nitrogens with two attached hydrogens (primary N) is 1. The van der Waals surface area contributed by atoms with Crippen LogP contribution in [0.5, 0.6) is 0 Å². The lowest BCUT2D eigenvalue weighted by molar-refractivity contribution is 0.168. The molecule has 94 valence electrons. The molecular formula is C10H14N2O4S. The van der Waals surface area contributed by atoms with Crippen molar-refractivity contribution in [1.29, 1.82) is 0 Å². The number of benzene rings is 1. The zero-order chi connectivity index (χ0) is 13.1. The summed E-state index contributed by atoms with van der Waals surface area (Å²) in [4.78, 5) is 11.2. The van der Waals surface area contributed by atoms with Crippen molar-refractivity contribution in [2.24, 2.45) is 5.14 Å². The molecule has 1 rings (SSSR count). The molecule has 6 nitrogen and oxygen atoms in total. The number of rotatable bonds is 3. The third-order valence-corrected chi connectivity index (χ3v) is 2.95. The van der Waals surface area contributed by atoms with E-state index >= 15 is 0 Å². The Hall–Kier alpha value is -1.60. The molecule has 0 heterocycles. The molecule has 0 aliphatic rings. The summed E-state index contributed by atoms with van der Waals surface area (Å²) in [6, 6.07) is 4.17. The van der Waals surface area contributed by atoms with Gasteiger partial charge in [0.25, 0.3) is 0 Å². The van der Waals surface area contributed by atoms with Crippen LogP contribution in [0.2, 0.25) is 0 Å². The van der Waals surface area contributed by atoms with Crippen molar-refractivity contribution in [3.63, 3.8) is 0 Å². The number of primary sulfonamides is 1. The van der Waals surface area contributed by atoms with E-state index in [1.165, 1.54) is 18.2 Å². The molecule has 0 saturated heterocycles. The standard InChI is InChI=1S/C10H14N2O4S/c1-3-16-10(13)12-9-5-4-8(6-7(9)2)17(11,14)15/h4-6H,3H2,1-2H3,(H,12,13)(H2,11,14,15). The summed E-state index contributed by atoms with van der Waals surface area (Å²) < 4.78 is 26.9. The van der Waals surface area contributed by atoms with Crippen LogP contribution < -0.4 is 10.5 Å². The van der Waals surface area contributed by atoms with Gasteiger partial charge >= 0.3 is 6.09 Å². The SMILES string of the molecule is CCOC(=O)Nc1ccc(S(N)(=O)=O)cc1C. The first-order chi connectivity index (χ1) is 7.84. The first-order valence-electron chi connectivity index (χ1n) is 4.92. The van der Waals surface area contributed by atoms with Crippen LogP contribution in [-0.2, 0) is 14.8 Å². The van der Waals surface area contributed by atoms with Gasteiger partial charge in [0.05, 0.1) is 11.5 Å². The van der Waals surface area contributed by atoms with Gasteiger partial charge in [-0.3, -0.25) is 5.32 Å². The van der Waals surface area contributed by atoms with Gasteiger partial charge in [-0.15, -0.1) is 0 Å². The molecule has 17 heavy (non-hydrogen) atoms. The second-order valence-electron chi connectivity index (χ2n) is 3.37. The number of carbonyl (C=O) groups excluding carboxylic acids is 1. The monoisotopic (exact) mass is 258 g/mol. The van der Waals surface area contributed by atoms with Gasteiger partial charge in [-0.2, -0.15) is 0 Å². The molecule has 1 amide bonds. The van der Waals surface area contributed by atoms with Crippen molar-refractivity contribution >= 4 is 21.8 Å². The predicted molar refractivity (Wildman–Crippen MR) is 63.2 cm³/mol. The number of hydrogen-bond donors (Lipinski definition) is 2. The Labute approximate surface area is 99.8 Å². The molecule has 0 atom stereocenters. The second kappa shape index (κ2) is 5.15. The largest absolute Gasteiger partial charge is 0.450 e. The van der Waals surface area contributed by atoms with Gasteiger partial charge in [0.2, 0.25) is 10.0 Å². The number of anilines is 1. The molecule has 0 aromatic heterocycles. The Morgan fingerprint density at radius 3 is 2.59 bits per heavy atom. The number of ether oxygens (including phenoxy) is 1. The lowest BCUT2D eigenvalue weighted by Crippen LogP contribution is -2.15. The number of aryl methyl sites for hydroxylation is 1. The number of nitrogens with one attached hydrogen (secondary N) is 1. The maximum absolute atomic E-state index is 11.2. The molecule has 0 aliphatic heterocycles. The van der Waals surface area contributed by atoms with Crippen molar-refractivity contribution < 1.29 is 17.9 Å². The minimum Gasteiger partial charge on any atom is -0.450 e. The molecule has 0 radical (unpaired) electrons. The van der Waals surface area contributed by atoms with Gasteiger partial charge in [0.15, 0.2) is 0 Å². The van der Waals surface area contributed by atoms with Crippen molar-refractivity contribution in [2.45, 2.75) is 18.7 Å². The Kier molecular flexibility index (Phi) is 4.08. The van der Waals surface area contributed by atoms with Gasteiger partial charge in [-0.1, -0.05) is 0 Å². The molecule has 0 spiro atoms. The minimum atomic E-state index is -3.72. The van der Waals surface area contributed by atoms with E-state index in [2.05, 4.69) is 5.32 Å². The normalized spacial score (nSPS) is 11.0. The fourth-order valence-electron chi connectivity index (χ4n) is 1.23. The highest BCUT2D eigenvalue weighted by Gasteiger charge is 2.11. The first kappa shape index (κ1) is 13.5. The van der Waals surface area contributed by atoms with Crippen LogP contribution in [0, 0.1) is 6.92 Å². The average Bonchev–Trinajstić information content (AvgIpc) is 2.20. The number of hydrogen-bond acceptors (Lipinski definition) is 4. The van der Waals surface area contributed by atoms with Gasteiger partial charge in [-0.05, 0) is 37.6 Å². The quantitative estimate of drug-likeness (QED) is 0.851. The second-order valence-corrected chi connectivity index (χ2v) is 4.93. The topological polar surface area (TPSA) is 98.5 Å². The van der Waals surface area contributed by atoms with Crippen molar-refractivity contribution in [2.75, 3.05) is 11.9 Å². The van der Waals surface area contributed by atoms with E-state index in [0.717, 1.165) is 0 Å². The summed E-state index contributed by atoms with van der Waals surface area (Å²) in [5.41, 5.74) is 1.07. The maximum Gasteiger partial charge on any atom is 0.411 e. The van der Waals surface area contributed by atoms with Gasteiger partial charge in [0.1, 0.15) is 0 Å². The van der Waals surface area contributed by atoms with Crippen LogP contribution in [0.15, 0.2) is 23.1 Å². The summed E-state index contributed by atoms with van der Waals surface area (Å²) in [5.74, 6) is 0. The van der Waals surface area contributed by atoms with Gasteiger partial charge < -0.3 is 4.74 Å². The van der Waals surface area contributed by atoms with Crippen molar-refractivity contribution in [1.82, 2.24) is 0 Å². The molecule has 1 aromatic carbocycles. The molecular weight excluding hydrogens is 244 g/mol. The van der Waals surface area contributed by atoms with Crippen molar-refractivity contribution in [3.05, 3.63) is 23.8 Å². The predicted octanol–water partition coefficient (Wildman–Crippen LogP) is 1.21. The summed E-state index contributed by atoms with van der Waals surface area (Å²) in [6.07, 6.45) is -0.584. The molecule has 0 unspecified atom stereocenters. The minimum absolute atomic E-state index is 0.00408. The summed E-state index contributed by atoms with van der Waals surface area (Å²) in [6.45, 7) is 3.62. The molecule has 7 heteroatoms. The zero-order valence-corrected chi connectivity index (χ0v) is 10.4. The van der Waals surface area contributed by atoms with Crippen molar-refractivity contribution in [3.8, 4) is 0 Å². The van der Waals surface area contributed by atoms with E-state index in [9.17, 15) is 13.2 Å². The highest BCUT2D eigenvalue weighted by atomic mass is 32.2. The fraction of sp³-hybridized carbons (Fsp3) is 0.300. The van der Waals surface area contributed by atoms with E-state index in [0.29, 0.717) is 11.3 Å². The van der Waals surface area contributed by atoms with Crippen LogP contribution in [0.1, 0.15) is 12.5 Å². The maximum atomic E-state index is 11.2. The Bertz CT molecular complexity index is 525. The molecule has 0 fully saturated rings. The van der Waals surface area contributed by atoms with E-state index in [4.69, 9.17) is 9.88 Å². The lowest BCUT2D eigenvalue weighted by atomic mass is 10.2. The molecule has 0 bridgehead atoms. The van der Waals surface area contributed by atoms with Gasteiger partial charge in [0, 0.05) is 5.69 Å². The zero-order valence-electron chi connectivity index (χ0n) is 9.56. The summed E-state index contributed by atoms with van der Waals surface area (Å²) in [5, 5.41) is 7.48. The third-order valence-electron chi connectivity index (χ3n) is 2.04. The molecule has 3 N–H and O–H groups in total. The Morgan fingerprint density at radius 1 is 1.47 bits per heavy atom. The Morgan fingerprint density at radius 2 is 2.12 bits per heavy atom.